The van der Waals surface area contributed by atoms with Crippen LogP contribution in [0.2, 0.25) is 0 Å². The Balaban J connectivity index is 1.77. The van der Waals surface area contributed by atoms with E-state index in [0.29, 0.717) is 6.54 Å². The lowest BCUT2D eigenvalue weighted by atomic mass is 10.2. The Bertz CT molecular complexity index is 344. The van der Waals surface area contributed by atoms with Crippen molar-refractivity contribution in [2.75, 3.05) is 58.6 Å². The molecule has 0 aromatic carbocycles. The average molecular weight is 275 g/mol. The maximum atomic E-state index is 12.2. The Labute approximate surface area is 111 Å². The molecular weight excluding hydrogens is 250 g/mol. The van der Waals surface area contributed by atoms with Crippen LogP contribution in [0, 0.1) is 0 Å². The van der Waals surface area contributed by atoms with Gasteiger partial charge in [0.1, 0.15) is 0 Å². The maximum absolute atomic E-state index is 12.2. The first kappa shape index (κ1) is 14.2. The van der Waals surface area contributed by atoms with Crippen LogP contribution in [0.5, 0.6) is 0 Å². The van der Waals surface area contributed by atoms with E-state index in [4.69, 9.17) is 0 Å². The van der Waals surface area contributed by atoms with Gasteiger partial charge in [0.25, 0.3) is 0 Å². The van der Waals surface area contributed by atoms with E-state index in [9.17, 15) is 8.42 Å². The van der Waals surface area contributed by atoms with Gasteiger partial charge in [-0.3, -0.25) is 4.90 Å². The minimum atomic E-state index is -3.02. The van der Waals surface area contributed by atoms with Crippen LogP contribution in [0.15, 0.2) is 0 Å². The average Bonchev–Trinajstić information content (AvgIpc) is 2.39. The molecule has 2 aliphatic rings. The molecule has 2 aliphatic heterocycles. The molecule has 5 nitrogen and oxygen atoms in total. The molecular formula is C12H25N3O2S. The van der Waals surface area contributed by atoms with Gasteiger partial charge < -0.3 is 4.90 Å². The monoisotopic (exact) mass is 275 g/mol. The van der Waals surface area contributed by atoms with Gasteiger partial charge in [-0.25, -0.2) is 12.7 Å². The summed E-state index contributed by atoms with van der Waals surface area (Å²) >= 11 is 0. The highest BCUT2D eigenvalue weighted by Crippen LogP contribution is 2.13. The van der Waals surface area contributed by atoms with Crippen molar-refractivity contribution in [3.63, 3.8) is 0 Å². The number of hydrogen-bond donors (Lipinski definition) is 0. The first-order valence-corrected chi connectivity index (χ1v) is 8.57. The SMILES string of the molecule is CN1CCN(CCS(=O)(=O)N2CCCCC2)CC1. The lowest BCUT2D eigenvalue weighted by Crippen LogP contribution is -2.47. The van der Waals surface area contributed by atoms with Crippen LogP contribution >= 0.6 is 0 Å². The highest BCUT2D eigenvalue weighted by molar-refractivity contribution is 7.89. The Hall–Kier alpha value is -0.170. The Kier molecular flexibility index (Phi) is 5.00. The van der Waals surface area contributed by atoms with Gasteiger partial charge in [-0.2, -0.15) is 0 Å². The molecule has 2 heterocycles. The predicted molar refractivity (Wildman–Crippen MR) is 73.1 cm³/mol. The van der Waals surface area contributed by atoms with E-state index in [0.717, 1.165) is 52.1 Å². The molecule has 2 saturated heterocycles. The lowest BCUT2D eigenvalue weighted by molar-refractivity contribution is 0.160. The van der Waals surface area contributed by atoms with Crippen LogP contribution in [-0.2, 0) is 10.0 Å². The van der Waals surface area contributed by atoms with Crippen LogP contribution in [-0.4, -0.2) is 81.1 Å². The molecule has 18 heavy (non-hydrogen) atoms. The quantitative estimate of drug-likeness (QED) is 0.727. The maximum Gasteiger partial charge on any atom is 0.215 e. The van der Waals surface area contributed by atoms with E-state index >= 15 is 0 Å². The largest absolute Gasteiger partial charge is 0.304 e. The molecule has 0 spiro atoms. The summed E-state index contributed by atoms with van der Waals surface area (Å²) in [5.41, 5.74) is 0. The van der Waals surface area contributed by atoms with Crippen LogP contribution in [0.1, 0.15) is 19.3 Å². The van der Waals surface area contributed by atoms with E-state index in [-0.39, 0.29) is 5.75 Å². The van der Waals surface area contributed by atoms with Crippen molar-refractivity contribution in [1.29, 1.82) is 0 Å². The Morgan fingerprint density at radius 2 is 1.50 bits per heavy atom. The number of sulfonamides is 1. The number of likely N-dealkylation sites (N-methyl/N-ethyl adjacent to an activating group) is 1. The summed E-state index contributed by atoms with van der Waals surface area (Å²) in [5, 5.41) is 0. The fourth-order valence-corrected chi connectivity index (χ4v) is 4.15. The Morgan fingerprint density at radius 3 is 2.11 bits per heavy atom. The minimum Gasteiger partial charge on any atom is -0.304 e. The summed E-state index contributed by atoms with van der Waals surface area (Å²) in [6.45, 7) is 6.22. The first-order valence-electron chi connectivity index (χ1n) is 6.97. The summed E-state index contributed by atoms with van der Waals surface area (Å²) in [6.07, 6.45) is 3.21. The zero-order valence-electron chi connectivity index (χ0n) is 11.3. The van der Waals surface area contributed by atoms with Crippen molar-refractivity contribution in [2.45, 2.75) is 19.3 Å². The third kappa shape index (κ3) is 3.91. The van der Waals surface area contributed by atoms with Crippen molar-refractivity contribution in [3.8, 4) is 0 Å². The third-order valence-electron chi connectivity index (χ3n) is 3.97. The predicted octanol–water partition coefficient (Wildman–Crippen LogP) is 0.0495. The van der Waals surface area contributed by atoms with E-state index < -0.39 is 10.0 Å². The summed E-state index contributed by atoms with van der Waals surface area (Å²) in [7, 11) is -0.905. The molecule has 0 amide bonds. The van der Waals surface area contributed by atoms with Crippen LogP contribution < -0.4 is 0 Å². The highest BCUT2D eigenvalue weighted by atomic mass is 32.2. The van der Waals surface area contributed by atoms with Crippen molar-refractivity contribution >= 4 is 10.0 Å². The summed E-state index contributed by atoms with van der Waals surface area (Å²) in [4.78, 5) is 4.55. The van der Waals surface area contributed by atoms with Gasteiger partial charge in [0.2, 0.25) is 10.0 Å². The normalized spacial score (nSPS) is 25.4. The molecule has 2 fully saturated rings. The number of piperazine rings is 1. The topological polar surface area (TPSA) is 43.9 Å². The van der Waals surface area contributed by atoms with Gasteiger partial charge in [-0.15, -0.1) is 0 Å². The molecule has 2 rings (SSSR count). The zero-order valence-corrected chi connectivity index (χ0v) is 12.2. The third-order valence-corrected chi connectivity index (χ3v) is 5.82. The van der Waals surface area contributed by atoms with Crippen molar-refractivity contribution in [1.82, 2.24) is 14.1 Å². The standard InChI is InChI=1S/C12H25N3O2S/c1-13-7-9-14(10-8-13)11-12-18(16,17)15-5-3-2-4-6-15/h2-12H2,1H3. The smallest absolute Gasteiger partial charge is 0.215 e. The number of piperidine rings is 1. The number of rotatable bonds is 4. The van der Waals surface area contributed by atoms with Gasteiger partial charge in [0.15, 0.2) is 0 Å². The minimum absolute atomic E-state index is 0.288. The molecule has 0 saturated carbocycles. The second-order valence-electron chi connectivity index (χ2n) is 5.42. The van der Waals surface area contributed by atoms with Gasteiger partial charge in [0.05, 0.1) is 5.75 Å². The van der Waals surface area contributed by atoms with E-state index in [2.05, 4.69) is 16.8 Å². The van der Waals surface area contributed by atoms with E-state index in [1.807, 2.05) is 0 Å². The zero-order chi connectivity index (χ0) is 13.0. The van der Waals surface area contributed by atoms with E-state index in [1.165, 1.54) is 6.42 Å². The van der Waals surface area contributed by atoms with Crippen LogP contribution in [0.25, 0.3) is 0 Å². The van der Waals surface area contributed by atoms with Crippen LogP contribution in [0.3, 0.4) is 0 Å². The van der Waals surface area contributed by atoms with Crippen molar-refractivity contribution in [3.05, 3.63) is 0 Å². The molecule has 0 unspecified atom stereocenters. The van der Waals surface area contributed by atoms with Crippen molar-refractivity contribution in [2.24, 2.45) is 0 Å². The fraction of sp³-hybridized carbons (Fsp3) is 1.00. The van der Waals surface area contributed by atoms with Gasteiger partial charge in [-0.1, -0.05) is 6.42 Å². The van der Waals surface area contributed by atoms with Crippen molar-refractivity contribution < 1.29 is 8.42 Å². The highest BCUT2D eigenvalue weighted by Gasteiger charge is 2.25. The van der Waals surface area contributed by atoms with Gasteiger partial charge in [-0.05, 0) is 19.9 Å². The summed E-state index contributed by atoms with van der Waals surface area (Å²) < 4.78 is 26.0. The fourth-order valence-electron chi connectivity index (χ4n) is 2.59. The summed E-state index contributed by atoms with van der Waals surface area (Å²) in [5.74, 6) is 0.288. The Morgan fingerprint density at radius 1 is 0.889 bits per heavy atom. The summed E-state index contributed by atoms with van der Waals surface area (Å²) in [6, 6.07) is 0. The van der Waals surface area contributed by atoms with E-state index in [1.54, 1.807) is 4.31 Å². The molecule has 6 heteroatoms. The molecule has 0 N–H and O–H groups in total. The number of hydrogen-bond acceptors (Lipinski definition) is 4. The molecule has 0 aromatic rings. The molecule has 0 atom stereocenters. The molecule has 0 bridgehead atoms. The first-order chi connectivity index (χ1) is 8.58. The molecule has 0 aliphatic carbocycles. The second kappa shape index (κ2) is 6.32. The lowest BCUT2D eigenvalue weighted by Gasteiger charge is -2.33. The molecule has 106 valence electrons. The molecule has 0 aromatic heterocycles. The second-order valence-corrected chi connectivity index (χ2v) is 7.51. The van der Waals surface area contributed by atoms with Crippen LogP contribution in [0.4, 0.5) is 0 Å². The van der Waals surface area contributed by atoms with Gasteiger partial charge >= 0.3 is 0 Å². The van der Waals surface area contributed by atoms with Gasteiger partial charge in [0, 0.05) is 45.8 Å². The number of nitrogens with zero attached hydrogens (tertiary/aromatic N) is 3. The molecule has 0 radical (unpaired) electrons.